The lowest BCUT2D eigenvalue weighted by atomic mass is 9.95. The van der Waals surface area contributed by atoms with E-state index >= 15 is 0 Å². The van der Waals surface area contributed by atoms with Gasteiger partial charge in [-0.05, 0) is 57.5 Å². The Morgan fingerprint density at radius 2 is 1.62 bits per heavy atom. The van der Waals surface area contributed by atoms with Crippen molar-refractivity contribution in [2.24, 2.45) is 5.92 Å². The molecule has 1 heterocycles. The first-order valence-electron chi connectivity index (χ1n) is 8.42. The van der Waals surface area contributed by atoms with Crippen molar-refractivity contribution < 1.29 is 24.6 Å². The molecule has 1 fully saturated rings. The van der Waals surface area contributed by atoms with Crippen molar-refractivity contribution in [3.63, 3.8) is 0 Å². The van der Waals surface area contributed by atoms with E-state index < -0.39 is 11.9 Å². The third-order valence-corrected chi connectivity index (χ3v) is 4.14. The molecule has 8 heteroatoms. The van der Waals surface area contributed by atoms with E-state index in [1.165, 1.54) is 5.56 Å². The molecule has 2 rings (SSSR count). The van der Waals surface area contributed by atoms with Gasteiger partial charge in [-0.1, -0.05) is 23.7 Å². The first-order chi connectivity index (χ1) is 12.2. The summed E-state index contributed by atoms with van der Waals surface area (Å²) < 4.78 is 0. The molecule has 0 aliphatic carbocycles. The molecular formula is C18H25ClN2O5. The monoisotopic (exact) mass is 384 g/mol. The summed E-state index contributed by atoms with van der Waals surface area (Å²) in [6.45, 7) is 6.93. The van der Waals surface area contributed by atoms with Crippen molar-refractivity contribution in [1.82, 2.24) is 10.2 Å². The third-order valence-electron chi connectivity index (χ3n) is 3.89. The van der Waals surface area contributed by atoms with Crippen LogP contribution in [-0.2, 0) is 20.9 Å². The predicted molar refractivity (Wildman–Crippen MR) is 98.0 cm³/mol. The smallest absolute Gasteiger partial charge is 0.414 e. The molecule has 0 unspecified atom stereocenters. The van der Waals surface area contributed by atoms with Crippen LogP contribution in [0.5, 0.6) is 0 Å². The fourth-order valence-corrected chi connectivity index (χ4v) is 2.73. The van der Waals surface area contributed by atoms with E-state index in [4.69, 9.17) is 31.4 Å². The number of hydrogen-bond donors (Lipinski definition) is 3. The number of carboxylic acid groups (broad SMARTS) is 2. The molecule has 0 bridgehead atoms. The van der Waals surface area contributed by atoms with E-state index in [-0.39, 0.29) is 17.9 Å². The van der Waals surface area contributed by atoms with E-state index in [1.807, 2.05) is 26.0 Å². The van der Waals surface area contributed by atoms with Gasteiger partial charge < -0.3 is 15.5 Å². The molecule has 0 atom stereocenters. The summed E-state index contributed by atoms with van der Waals surface area (Å²) >= 11 is 5.89. The summed E-state index contributed by atoms with van der Waals surface area (Å²) in [5.41, 5.74) is 1.28. The first-order valence-corrected chi connectivity index (χ1v) is 8.80. The number of nitrogens with one attached hydrogen (secondary N) is 1. The highest BCUT2D eigenvalue weighted by atomic mass is 35.5. The lowest BCUT2D eigenvalue weighted by Gasteiger charge is -2.31. The van der Waals surface area contributed by atoms with Crippen LogP contribution < -0.4 is 5.32 Å². The van der Waals surface area contributed by atoms with Crippen LogP contribution in [0.4, 0.5) is 0 Å². The Labute approximate surface area is 157 Å². The zero-order chi connectivity index (χ0) is 19.7. The van der Waals surface area contributed by atoms with Crippen LogP contribution in [0.2, 0.25) is 5.02 Å². The normalized spacial score (nSPS) is 15.1. The number of hydrogen-bond acceptors (Lipinski definition) is 4. The number of carbonyl (C=O) groups is 3. The van der Waals surface area contributed by atoms with Crippen molar-refractivity contribution >= 4 is 29.4 Å². The topological polar surface area (TPSA) is 107 Å². The van der Waals surface area contributed by atoms with Crippen LogP contribution in [0.15, 0.2) is 24.3 Å². The van der Waals surface area contributed by atoms with Crippen molar-refractivity contribution in [2.45, 2.75) is 39.3 Å². The number of rotatable bonds is 4. The summed E-state index contributed by atoms with van der Waals surface area (Å²) in [6.07, 6.45) is 1.90. The van der Waals surface area contributed by atoms with E-state index in [0.29, 0.717) is 0 Å². The van der Waals surface area contributed by atoms with Crippen LogP contribution in [0.25, 0.3) is 0 Å². The maximum Gasteiger partial charge on any atom is 0.414 e. The minimum atomic E-state index is -1.82. The second kappa shape index (κ2) is 10.8. The number of halogens is 1. The summed E-state index contributed by atoms with van der Waals surface area (Å²) in [5, 5.41) is 18.6. The van der Waals surface area contributed by atoms with Crippen LogP contribution in [-0.4, -0.2) is 52.1 Å². The van der Waals surface area contributed by atoms with Crippen molar-refractivity contribution in [1.29, 1.82) is 0 Å². The molecule has 1 aliphatic rings. The highest BCUT2D eigenvalue weighted by Crippen LogP contribution is 2.20. The van der Waals surface area contributed by atoms with Gasteiger partial charge in [0.2, 0.25) is 5.91 Å². The van der Waals surface area contributed by atoms with E-state index in [2.05, 4.69) is 22.3 Å². The number of carbonyl (C=O) groups excluding carboxylic acids is 1. The van der Waals surface area contributed by atoms with Crippen LogP contribution in [0.1, 0.15) is 32.3 Å². The SMILES string of the molecule is CC(C)NC(=O)C1CCN(Cc2ccc(Cl)cc2)CC1.O=C(O)C(=O)O. The van der Waals surface area contributed by atoms with E-state index in [0.717, 1.165) is 37.5 Å². The Morgan fingerprint density at radius 3 is 2.04 bits per heavy atom. The number of piperidine rings is 1. The van der Waals surface area contributed by atoms with Gasteiger partial charge in [0, 0.05) is 23.5 Å². The average molecular weight is 385 g/mol. The molecule has 0 radical (unpaired) electrons. The number of benzene rings is 1. The largest absolute Gasteiger partial charge is 0.473 e. The lowest BCUT2D eigenvalue weighted by Crippen LogP contribution is -2.42. The van der Waals surface area contributed by atoms with Crippen molar-refractivity contribution in [2.75, 3.05) is 13.1 Å². The summed E-state index contributed by atoms with van der Waals surface area (Å²) in [4.78, 5) is 32.6. The molecular weight excluding hydrogens is 360 g/mol. The maximum absolute atomic E-state index is 12.0. The van der Waals surface area contributed by atoms with Gasteiger partial charge in [0.05, 0.1) is 0 Å². The Balaban J connectivity index is 0.000000487. The van der Waals surface area contributed by atoms with Gasteiger partial charge in [-0.25, -0.2) is 9.59 Å². The summed E-state index contributed by atoms with van der Waals surface area (Å²) in [6, 6.07) is 8.23. The highest BCUT2D eigenvalue weighted by Gasteiger charge is 2.25. The molecule has 1 aromatic rings. The van der Waals surface area contributed by atoms with Gasteiger partial charge in [0.1, 0.15) is 0 Å². The molecule has 26 heavy (non-hydrogen) atoms. The first kappa shape index (κ1) is 21.9. The molecule has 0 spiro atoms. The van der Waals surface area contributed by atoms with Gasteiger partial charge >= 0.3 is 11.9 Å². The molecule has 1 aliphatic heterocycles. The van der Waals surface area contributed by atoms with Gasteiger partial charge in [-0.15, -0.1) is 0 Å². The van der Waals surface area contributed by atoms with Gasteiger partial charge in [-0.3, -0.25) is 9.69 Å². The molecule has 0 aromatic heterocycles. The molecule has 0 saturated carbocycles. The highest BCUT2D eigenvalue weighted by molar-refractivity contribution is 6.30. The average Bonchev–Trinajstić information content (AvgIpc) is 2.57. The lowest BCUT2D eigenvalue weighted by molar-refractivity contribution is -0.159. The van der Waals surface area contributed by atoms with E-state index in [9.17, 15) is 4.79 Å². The quantitative estimate of drug-likeness (QED) is 0.687. The zero-order valence-corrected chi connectivity index (χ0v) is 15.7. The molecule has 1 saturated heterocycles. The second-order valence-corrected chi connectivity index (χ2v) is 6.89. The van der Waals surface area contributed by atoms with Gasteiger partial charge in [0.15, 0.2) is 0 Å². The van der Waals surface area contributed by atoms with Crippen LogP contribution in [0.3, 0.4) is 0 Å². The number of carboxylic acids is 2. The number of aliphatic carboxylic acids is 2. The summed E-state index contributed by atoms with van der Waals surface area (Å²) in [5.74, 6) is -3.25. The molecule has 144 valence electrons. The van der Waals surface area contributed by atoms with Gasteiger partial charge in [-0.2, -0.15) is 0 Å². The van der Waals surface area contributed by atoms with Crippen molar-refractivity contribution in [3.05, 3.63) is 34.9 Å². The Hall–Kier alpha value is -2.12. The second-order valence-electron chi connectivity index (χ2n) is 6.45. The van der Waals surface area contributed by atoms with Crippen LogP contribution in [0, 0.1) is 5.92 Å². The zero-order valence-electron chi connectivity index (χ0n) is 14.9. The predicted octanol–water partition coefficient (Wildman–Crippen LogP) is 2.23. The maximum atomic E-state index is 12.0. The Morgan fingerprint density at radius 1 is 1.12 bits per heavy atom. The third kappa shape index (κ3) is 8.31. The fraction of sp³-hybridized carbons (Fsp3) is 0.500. The van der Waals surface area contributed by atoms with E-state index in [1.54, 1.807) is 0 Å². The minimum Gasteiger partial charge on any atom is -0.473 e. The molecule has 1 aromatic carbocycles. The number of likely N-dealkylation sites (tertiary alicyclic amines) is 1. The molecule has 1 amide bonds. The minimum absolute atomic E-state index is 0.180. The van der Waals surface area contributed by atoms with Gasteiger partial charge in [0.25, 0.3) is 0 Å². The Kier molecular flexibility index (Phi) is 9.09. The van der Waals surface area contributed by atoms with Crippen molar-refractivity contribution in [3.8, 4) is 0 Å². The standard InChI is InChI=1S/C16H23ClN2O.C2H2O4/c1-12(2)18-16(20)14-7-9-19(10-8-14)11-13-3-5-15(17)6-4-13;3-1(4)2(5)6/h3-6,12,14H,7-11H2,1-2H3,(H,18,20);(H,3,4)(H,5,6). The fourth-order valence-electron chi connectivity index (χ4n) is 2.60. The number of nitrogens with zero attached hydrogens (tertiary/aromatic N) is 1. The molecule has 7 nitrogen and oxygen atoms in total. The summed E-state index contributed by atoms with van der Waals surface area (Å²) in [7, 11) is 0. The van der Waals surface area contributed by atoms with Crippen LogP contribution >= 0.6 is 11.6 Å². The molecule has 3 N–H and O–H groups in total. The number of amides is 1. The Bertz CT molecular complexity index is 599.